The van der Waals surface area contributed by atoms with Gasteiger partial charge < -0.3 is 10.4 Å². The van der Waals surface area contributed by atoms with Crippen LogP contribution in [0.15, 0.2) is 0 Å². The fourth-order valence-electron chi connectivity index (χ4n) is 3.46. The number of carbonyl (C=O) groups is 2. The molecule has 0 heterocycles. The van der Waals surface area contributed by atoms with E-state index in [4.69, 9.17) is 5.11 Å². The Balaban J connectivity index is 2.20. The van der Waals surface area contributed by atoms with Gasteiger partial charge in [-0.2, -0.15) is 0 Å². The summed E-state index contributed by atoms with van der Waals surface area (Å²) in [7, 11) is 0. The quantitative estimate of drug-likeness (QED) is 0.710. The van der Waals surface area contributed by atoms with E-state index in [0.717, 1.165) is 12.8 Å². The van der Waals surface area contributed by atoms with Crippen molar-refractivity contribution in [3.8, 4) is 0 Å². The van der Waals surface area contributed by atoms with Crippen LogP contribution in [-0.2, 0) is 9.59 Å². The lowest BCUT2D eigenvalue weighted by Gasteiger charge is -2.38. The Kier molecular flexibility index (Phi) is 6.86. The van der Waals surface area contributed by atoms with Gasteiger partial charge in [-0.3, -0.25) is 9.59 Å². The van der Waals surface area contributed by atoms with Crippen molar-refractivity contribution in [1.82, 2.24) is 5.32 Å². The summed E-state index contributed by atoms with van der Waals surface area (Å²) in [5, 5.41) is 11.4. The highest BCUT2D eigenvalue weighted by atomic mass is 32.2. The molecule has 0 aliphatic heterocycles. The fourth-order valence-corrected chi connectivity index (χ4v) is 4.02. The maximum absolute atomic E-state index is 11.9. The topological polar surface area (TPSA) is 66.4 Å². The van der Waals surface area contributed by atoms with E-state index in [1.807, 2.05) is 0 Å². The summed E-state index contributed by atoms with van der Waals surface area (Å²) in [4.78, 5) is 22.2. The van der Waals surface area contributed by atoms with Crippen LogP contribution >= 0.6 is 11.8 Å². The Morgan fingerprint density at radius 2 is 2.05 bits per heavy atom. The summed E-state index contributed by atoms with van der Waals surface area (Å²) >= 11 is 1.34. The molecule has 1 amide bonds. The lowest BCUT2D eigenvalue weighted by Crippen LogP contribution is -2.33. The molecule has 1 aliphatic carbocycles. The number of carboxylic acid groups (broad SMARTS) is 1. The van der Waals surface area contributed by atoms with Crippen molar-refractivity contribution in [3.63, 3.8) is 0 Å². The van der Waals surface area contributed by atoms with Crippen LogP contribution < -0.4 is 5.32 Å². The standard InChI is InChI=1S/C15H27NO3S/c1-11-6-12(9-15(2,3)8-11)7-13(17)16-4-5-20-10-14(18)19/h11-12H,4-10H2,1-3H3,(H,16,17)(H,18,19). The summed E-state index contributed by atoms with van der Waals surface area (Å²) in [6.07, 6.45) is 4.12. The van der Waals surface area contributed by atoms with Crippen LogP contribution in [0.3, 0.4) is 0 Å². The third-order valence-electron chi connectivity index (χ3n) is 3.75. The first kappa shape index (κ1) is 17.3. The number of thioether (sulfide) groups is 1. The van der Waals surface area contributed by atoms with E-state index in [2.05, 4.69) is 26.1 Å². The maximum Gasteiger partial charge on any atom is 0.313 e. The summed E-state index contributed by atoms with van der Waals surface area (Å²) in [6.45, 7) is 7.41. The van der Waals surface area contributed by atoms with Crippen LogP contribution in [0.5, 0.6) is 0 Å². The first-order valence-corrected chi connectivity index (χ1v) is 8.50. The predicted octanol–water partition coefficient (Wildman–Crippen LogP) is 2.77. The van der Waals surface area contributed by atoms with E-state index in [9.17, 15) is 9.59 Å². The second-order valence-electron chi connectivity index (χ2n) is 6.78. The highest BCUT2D eigenvalue weighted by Gasteiger charge is 2.32. The molecule has 1 rings (SSSR count). The zero-order valence-electron chi connectivity index (χ0n) is 12.8. The number of amides is 1. The molecule has 0 aromatic rings. The number of hydrogen-bond donors (Lipinski definition) is 2. The normalized spacial score (nSPS) is 25.1. The molecule has 1 saturated carbocycles. The van der Waals surface area contributed by atoms with Crippen LogP contribution in [0.4, 0.5) is 0 Å². The molecule has 5 heteroatoms. The van der Waals surface area contributed by atoms with Gasteiger partial charge in [0.1, 0.15) is 0 Å². The lowest BCUT2D eigenvalue weighted by atomic mass is 9.67. The van der Waals surface area contributed by atoms with Crippen LogP contribution in [0.1, 0.15) is 46.5 Å². The molecular formula is C15H27NO3S. The Hall–Kier alpha value is -0.710. The molecular weight excluding hydrogens is 274 g/mol. The Morgan fingerprint density at radius 1 is 1.35 bits per heavy atom. The fraction of sp³-hybridized carbons (Fsp3) is 0.867. The highest BCUT2D eigenvalue weighted by molar-refractivity contribution is 7.99. The Bertz CT molecular complexity index is 344. The summed E-state index contributed by atoms with van der Waals surface area (Å²) in [6, 6.07) is 0. The predicted molar refractivity (Wildman–Crippen MR) is 82.9 cm³/mol. The molecule has 0 radical (unpaired) electrons. The zero-order chi connectivity index (χ0) is 15.2. The number of carboxylic acids is 1. The van der Waals surface area contributed by atoms with Gasteiger partial charge in [-0.05, 0) is 36.5 Å². The third kappa shape index (κ3) is 7.17. The molecule has 0 aromatic carbocycles. The second-order valence-corrected chi connectivity index (χ2v) is 7.88. The minimum absolute atomic E-state index is 0.101. The van der Waals surface area contributed by atoms with Gasteiger partial charge in [-0.25, -0.2) is 0 Å². The minimum Gasteiger partial charge on any atom is -0.481 e. The van der Waals surface area contributed by atoms with Crippen molar-refractivity contribution in [1.29, 1.82) is 0 Å². The molecule has 116 valence electrons. The number of rotatable bonds is 7. The number of aliphatic carboxylic acids is 1. The van der Waals surface area contributed by atoms with Crippen LogP contribution in [0.25, 0.3) is 0 Å². The van der Waals surface area contributed by atoms with E-state index in [1.165, 1.54) is 18.2 Å². The van der Waals surface area contributed by atoms with Gasteiger partial charge in [0.15, 0.2) is 0 Å². The summed E-state index contributed by atoms with van der Waals surface area (Å²) < 4.78 is 0. The van der Waals surface area contributed by atoms with Crippen molar-refractivity contribution in [3.05, 3.63) is 0 Å². The zero-order valence-corrected chi connectivity index (χ0v) is 13.6. The largest absolute Gasteiger partial charge is 0.481 e. The molecule has 2 N–H and O–H groups in total. The van der Waals surface area contributed by atoms with Gasteiger partial charge in [0.25, 0.3) is 0 Å². The lowest BCUT2D eigenvalue weighted by molar-refractivity contribution is -0.133. The average molecular weight is 301 g/mol. The molecule has 0 aromatic heterocycles. The number of carbonyl (C=O) groups excluding carboxylic acids is 1. The summed E-state index contributed by atoms with van der Waals surface area (Å²) in [5.74, 6) is 1.24. The van der Waals surface area contributed by atoms with Crippen LogP contribution in [0.2, 0.25) is 0 Å². The second kappa shape index (κ2) is 7.91. The molecule has 0 saturated heterocycles. The van der Waals surface area contributed by atoms with Crippen molar-refractivity contribution in [2.24, 2.45) is 17.3 Å². The first-order valence-electron chi connectivity index (χ1n) is 7.35. The maximum atomic E-state index is 11.9. The van der Waals surface area contributed by atoms with Gasteiger partial charge in [-0.1, -0.05) is 20.8 Å². The van der Waals surface area contributed by atoms with E-state index in [0.29, 0.717) is 36.0 Å². The molecule has 1 aliphatic rings. The molecule has 20 heavy (non-hydrogen) atoms. The number of nitrogens with one attached hydrogen (secondary N) is 1. The molecule has 0 spiro atoms. The van der Waals surface area contributed by atoms with Gasteiger partial charge >= 0.3 is 5.97 Å². The molecule has 2 unspecified atom stereocenters. The van der Waals surface area contributed by atoms with Crippen molar-refractivity contribution in [2.45, 2.75) is 46.5 Å². The van der Waals surface area contributed by atoms with E-state index < -0.39 is 5.97 Å². The average Bonchev–Trinajstić information content (AvgIpc) is 2.24. The monoisotopic (exact) mass is 301 g/mol. The van der Waals surface area contributed by atoms with E-state index in [1.54, 1.807) is 0 Å². The van der Waals surface area contributed by atoms with Crippen molar-refractivity contribution in [2.75, 3.05) is 18.1 Å². The molecule has 1 fully saturated rings. The Morgan fingerprint density at radius 3 is 2.65 bits per heavy atom. The van der Waals surface area contributed by atoms with Crippen molar-refractivity contribution >= 4 is 23.6 Å². The third-order valence-corrected chi connectivity index (χ3v) is 4.69. The van der Waals surface area contributed by atoms with Gasteiger partial charge in [-0.15, -0.1) is 11.8 Å². The Labute approximate surface area is 126 Å². The minimum atomic E-state index is -0.806. The van der Waals surface area contributed by atoms with E-state index >= 15 is 0 Å². The van der Waals surface area contributed by atoms with Crippen LogP contribution in [0, 0.1) is 17.3 Å². The van der Waals surface area contributed by atoms with Crippen LogP contribution in [-0.4, -0.2) is 35.0 Å². The highest BCUT2D eigenvalue weighted by Crippen LogP contribution is 2.42. The SMILES string of the molecule is CC1CC(CC(=O)NCCSCC(=O)O)CC(C)(C)C1. The first-order chi connectivity index (χ1) is 9.28. The van der Waals surface area contributed by atoms with Gasteiger partial charge in [0.05, 0.1) is 5.75 Å². The van der Waals surface area contributed by atoms with Gasteiger partial charge in [0, 0.05) is 18.7 Å². The smallest absolute Gasteiger partial charge is 0.313 e. The van der Waals surface area contributed by atoms with Gasteiger partial charge in [0.2, 0.25) is 5.91 Å². The number of hydrogen-bond acceptors (Lipinski definition) is 3. The van der Waals surface area contributed by atoms with E-state index in [-0.39, 0.29) is 11.7 Å². The summed E-state index contributed by atoms with van der Waals surface area (Å²) in [5.41, 5.74) is 0.347. The van der Waals surface area contributed by atoms with Crippen molar-refractivity contribution < 1.29 is 14.7 Å². The molecule has 2 atom stereocenters. The molecule has 0 bridgehead atoms. The molecule has 4 nitrogen and oxygen atoms in total.